The molecule has 1 rings (SSSR count). The Morgan fingerprint density at radius 2 is 2.17 bits per heavy atom. The van der Waals surface area contributed by atoms with Gasteiger partial charge < -0.3 is 14.6 Å². The molecule has 0 heterocycles. The molecule has 0 fully saturated rings. The molecular weight excluding hydrogens is 246 g/mol. The molecule has 0 aliphatic rings. The summed E-state index contributed by atoms with van der Waals surface area (Å²) in [6.45, 7) is -0.956. The van der Waals surface area contributed by atoms with Gasteiger partial charge in [0, 0.05) is 6.08 Å². The van der Waals surface area contributed by atoms with Crippen molar-refractivity contribution in [3.63, 3.8) is 0 Å². The highest BCUT2D eigenvalue weighted by Crippen LogP contribution is 2.30. The minimum Gasteiger partial charge on any atom is -0.490 e. The zero-order valence-corrected chi connectivity index (χ0v) is 9.60. The Kier molecular flexibility index (Phi) is 5.10. The number of rotatable bonds is 6. The van der Waals surface area contributed by atoms with Gasteiger partial charge in [0.15, 0.2) is 11.5 Å². The second-order valence-corrected chi connectivity index (χ2v) is 3.19. The lowest BCUT2D eigenvalue weighted by molar-refractivity contribution is -0.131. The Morgan fingerprint density at radius 3 is 2.72 bits per heavy atom. The van der Waals surface area contributed by atoms with Crippen LogP contribution >= 0.6 is 0 Å². The van der Waals surface area contributed by atoms with Gasteiger partial charge in [-0.2, -0.15) is 8.78 Å². The van der Waals surface area contributed by atoms with Crippen molar-refractivity contribution >= 4 is 12.0 Å². The summed E-state index contributed by atoms with van der Waals surface area (Å²) in [6.07, 6.45) is 2.27. The summed E-state index contributed by atoms with van der Waals surface area (Å²) in [7, 11) is 0. The van der Waals surface area contributed by atoms with Gasteiger partial charge >= 0.3 is 12.6 Å². The lowest BCUT2D eigenvalue weighted by Crippen LogP contribution is -2.04. The number of carboxylic acids is 1. The van der Waals surface area contributed by atoms with Crippen molar-refractivity contribution < 1.29 is 28.2 Å². The number of ether oxygens (including phenoxy) is 2. The first kappa shape index (κ1) is 14.0. The van der Waals surface area contributed by atoms with E-state index >= 15 is 0 Å². The SMILES string of the molecule is CCOc1cc(/C=C\C(=O)O)ccc1OC(F)F. The van der Waals surface area contributed by atoms with E-state index in [9.17, 15) is 13.6 Å². The van der Waals surface area contributed by atoms with Gasteiger partial charge in [-0.1, -0.05) is 6.07 Å². The second kappa shape index (κ2) is 6.58. The number of alkyl halides is 2. The molecule has 6 heteroatoms. The molecule has 0 bridgehead atoms. The fourth-order valence-corrected chi connectivity index (χ4v) is 1.26. The third kappa shape index (κ3) is 4.40. The molecule has 1 aromatic rings. The number of carbonyl (C=O) groups is 1. The van der Waals surface area contributed by atoms with Crippen LogP contribution in [0.3, 0.4) is 0 Å². The summed E-state index contributed by atoms with van der Waals surface area (Å²) in [4.78, 5) is 10.4. The Morgan fingerprint density at radius 1 is 1.44 bits per heavy atom. The van der Waals surface area contributed by atoms with Crippen LogP contribution in [-0.4, -0.2) is 24.3 Å². The number of hydrogen-bond acceptors (Lipinski definition) is 3. The third-order valence-electron chi connectivity index (χ3n) is 1.90. The fraction of sp³-hybridized carbons (Fsp3) is 0.250. The van der Waals surface area contributed by atoms with Crippen LogP contribution in [0, 0.1) is 0 Å². The smallest absolute Gasteiger partial charge is 0.387 e. The minimum atomic E-state index is -2.94. The maximum atomic E-state index is 12.1. The average molecular weight is 258 g/mol. The van der Waals surface area contributed by atoms with Crippen molar-refractivity contribution in [1.82, 2.24) is 0 Å². The summed E-state index contributed by atoms with van der Waals surface area (Å²) >= 11 is 0. The number of halogens is 2. The second-order valence-electron chi connectivity index (χ2n) is 3.19. The zero-order valence-electron chi connectivity index (χ0n) is 9.60. The van der Waals surface area contributed by atoms with Gasteiger partial charge in [-0.15, -0.1) is 0 Å². The summed E-state index contributed by atoms with van der Waals surface area (Å²) in [6, 6.07) is 4.19. The highest BCUT2D eigenvalue weighted by molar-refractivity contribution is 5.85. The van der Waals surface area contributed by atoms with Crippen LogP contribution in [0.25, 0.3) is 6.08 Å². The van der Waals surface area contributed by atoms with Crippen LogP contribution in [-0.2, 0) is 4.79 Å². The van der Waals surface area contributed by atoms with Crippen molar-refractivity contribution in [1.29, 1.82) is 0 Å². The van der Waals surface area contributed by atoms with Gasteiger partial charge in [0.25, 0.3) is 0 Å². The van der Waals surface area contributed by atoms with Crippen LogP contribution in [0.15, 0.2) is 24.3 Å². The topological polar surface area (TPSA) is 55.8 Å². The van der Waals surface area contributed by atoms with E-state index in [1.165, 1.54) is 24.3 Å². The molecule has 0 unspecified atom stereocenters. The standard InChI is InChI=1S/C12H12F2O4/c1-2-17-10-7-8(4-6-11(15)16)3-5-9(10)18-12(13)14/h3-7,12H,2H2,1H3,(H,15,16)/b6-4-. The van der Waals surface area contributed by atoms with E-state index in [-0.39, 0.29) is 18.1 Å². The highest BCUT2D eigenvalue weighted by Gasteiger charge is 2.10. The molecule has 1 aromatic carbocycles. The summed E-state index contributed by atoms with van der Waals surface area (Å²) in [5, 5.41) is 8.48. The first-order valence-corrected chi connectivity index (χ1v) is 5.15. The Bertz CT molecular complexity index is 444. The molecule has 0 aromatic heterocycles. The molecular formula is C12H12F2O4. The van der Waals surface area contributed by atoms with Crippen molar-refractivity contribution in [2.45, 2.75) is 13.5 Å². The van der Waals surface area contributed by atoms with Gasteiger partial charge in [-0.25, -0.2) is 4.79 Å². The van der Waals surface area contributed by atoms with Gasteiger partial charge in [-0.3, -0.25) is 0 Å². The van der Waals surface area contributed by atoms with Gasteiger partial charge in [0.2, 0.25) is 0 Å². The molecule has 0 saturated carbocycles. The van der Waals surface area contributed by atoms with Crippen LogP contribution < -0.4 is 9.47 Å². The predicted octanol–water partition coefficient (Wildman–Crippen LogP) is 2.78. The number of carboxylic acid groups (broad SMARTS) is 1. The highest BCUT2D eigenvalue weighted by atomic mass is 19.3. The Hall–Kier alpha value is -2.11. The summed E-state index contributed by atoms with van der Waals surface area (Å²) < 4.78 is 33.7. The average Bonchev–Trinajstić information content (AvgIpc) is 2.29. The third-order valence-corrected chi connectivity index (χ3v) is 1.90. The van der Waals surface area contributed by atoms with Crippen LogP contribution in [0.5, 0.6) is 11.5 Å². The molecule has 4 nitrogen and oxygen atoms in total. The van der Waals surface area contributed by atoms with E-state index in [1.54, 1.807) is 6.92 Å². The molecule has 98 valence electrons. The quantitative estimate of drug-likeness (QED) is 0.797. The summed E-state index contributed by atoms with van der Waals surface area (Å²) in [5.74, 6) is -1.04. The molecule has 0 atom stereocenters. The molecule has 1 N–H and O–H groups in total. The van der Waals surface area contributed by atoms with Crippen molar-refractivity contribution in [2.24, 2.45) is 0 Å². The lowest BCUT2D eigenvalue weighted by atomic mass is 10.2. The normalized spacial score (nSPS) is 10.9. The van der Waals surface area contributed by atoms with Crippen molar-refractivity contribution in [3.05, 3.63) is 29.8 Å². The molecule has 0 aliphatic heterocycles. The summed E-state index contributed by atoms with van der Waals surface area (Å²) in [5.41, 5.74) is 0.516. The van der Waals surface area contributed by atoms with Crippen molar-refractivity contribution in [3.8, 4) is 11.5 Å². The molecule has 0 radical (unpaired) electrons. The fourth-order valence-electron chi connectivity index (χ4n) is 1.26. The van der Waals surface area contributed by atoms with Crippen LogP contribution in [0.4, 0.5) is 8.78 Å². The minimum absolute atomic E-state index is 0.0840. The molecule has 0 aliphatic carbocycles. The van der Waals surface area contributed by atoms with Crippen molar-refractivity contribution in [2.75, 3.05) is 6.61 Å². The number of hydrogen-bond donors (Lipinski definition) is 1. The maximum Gasteiger partial charge on any atom is 0.387 e. The molecule has 0 saturated heterocycles. The van der Waals surface area contributed by atoms with Crippen LogP contribution in [0.1, 0.15) is 12.5 Å². The van der Waals surface area contributed by atoms with E-state index < -0.39 is 12.6 Å². The van der Waals surface area contributed by atoms with E-state index in [4.69, 9.17) is 9.84 Å². The van der Waals surface area contributed by atoms with Gasteiger partial charge in [0.05, 0.1) is 6.61 Å². The largest absolute Gasteiger partial charge is 0.490 e. The van der Waals surface area contributed by atoms with Crippen LogP contribution in [0.2, 0.25) is 0 Å². The number of benzene rings is 1. The Balaban J connectivity index is 2.98. The Labute approximate surface area is 102 Å². The maximum absolute atomic E-state index is 12.1. The van der Waals surface area contributed by atoms with Gasteiger partial charge in [-0.05, 0) is 30.7 Å². The molecule has 0 amide bonds. The predicted molar refractivity (Wildman–Crippen MR) is 60.9 cm³/mol. The zero-order chi connectivity index (χ0) is 13.5. The first-order valence-electron chi connectivity index (χ1n) is 5.15. The molecule has 0 spiro atoms. The van der Waals surface area contributed by atoms with E-state index in [1.807, 2.05) is 0 Å². The molecule has 18 heavy (non-hydrogen) atoms. The van der Waals surface area contributed by atoms with E-state index in [0.29, 0.717) is 5.56 Å². The monoisotopic (exact) mass is 258 g/mol. The first-order chi connectivity index (χ1) is 8.52. The van der Waals surface area contributed by atoms with E-state index in [2.05, 4.69) is 4.74 Å². The van der Waals surface area contributed by atoms with E-state index in [0.717, 1.165) is 6.08 Å². The number of aliphatic carboxylic acids is 1. The van der Waals surface area contributed by atoms with Gasteiger partial charge in [0.1, 0.15) is 0 Å². The lowest BCUT2D eigenvalue weighted by Gasteiger charge is -2.11.